The summed E-state index contributed by atoms with van der Waals surface area (Å²) in [5, 5.41) is 6.77. The Morgan fingerprint density at radius 3 is 3.27 bits per heavy atom. The van der Waals surface area contributed by atoms with Crippen molar-refractivity contribution in [3.05, 3.63) is 30.6 Å². The molecule has 0 spiro atoms. The van der Waals surface area contributed by atoms with E-state index in [1.54, 1.807) is 23.0 Å². The quantitative estimate of drug-likeness (QED) is 0.810. The molecule has 2 aromatic heterocycles. The second-order valence-electron chi connectivity index (χ2n) is 3.10. The fraction of sp³-hybridized carbons (Fsp3) is 0.200. The van der Waals surface area contributed by atoms with Crippen molar-refractivity contribution in [3.8, 4) is 0 Å². The lowest BCUT2D eigenvalue weighted by Gasteiger charge is -2.04. The van der Waals surface area contributed by atoms with Crippen LogP contribution in [0.15, 0.2) is 30.6 Å². The van der Waals surface area contributed by atoms with Gasteiger partial charge in [-0.1, -0.05) is 0 Å². The molecule has 0 atom stereocenters. The Kier molecular flexibility index (Phi) is 2.64. The van der Waals surface area contributed by atoms with Gasteiger partial charge in [-0.2, -0.15) is 5.10 Å². The largest absolute Gasteiger partial charge is 0.375 e. The van der Waals surface area contributed by atoms with Crippen LogP contribution < -0.4 is 5.32 Å². The minimum atomic E-state index is -0.165. The van der Waals surface area contributed by atoms with Gasteiger partial charge in [-0.25, -0.2) is 4.52 Å². The summed E-state index contributed by atoms with van der Waals surface area (Å²) in [4.78, 5) is 11.2. The second-order valence-corrected chi connectivity index (χ2v) is 3.10. The molecule has 2 rings (SSSR count). The van der Waals surface area contributed by atoms with Gasteiger partial charge >= 0.3 is 0 Å². The SMILES string of the molecule is COCC(=O)Nc1ccn2nccc2c1. The number of nitrogens with zero attached hydrogens (tertiary/aromatic N) is 2. The van der Waals surface area contributed by atoms with Crippen LogP contribution >= 0.6 is 0 Å². The van der Waals surface area contributed by atoms with E-state index >= 15 is 0 Å². The first-order valence-corrected chi connectivity index (χ1v) is 4.52. The zero-order valence-electron chi connectivity index (χ0n) is 8.30. The molecular weight excluding hydrogens is 194 g/mol. The predicted octanol–water partition coefficient (Wildman–Crippen LogP) is 0.919. The molecule has 78 valence electrons. The number of carbonyl (C=O) groups is 1. The van der Waals surface area contributed by atoms with Gasteiger partial charge in [0.2, 0.25) is 5.91 Å². The highest BCUT2D eigenvalue weighted by molar-refractivity contribution is 5.92. The Balaban J connectivity index is 2.17. The summed E-state index contributed by atoms with van der Waals surface area (Å²) in [5.74, 6) is -0.165. The lowest BCUT2D eigenvalue weighted by molar-refractivity contribution is -0.119. The molecule has 0 unspecified atom stereocenters. The minimum absolute atomic E-state index is 0.0600. The number of anilines is 1. The van der Waals surface area contributed by atoms with Crippen LogP contribution in [0, 0.1) is 0 Å². The molecule has 0 saturated carbocycles. The number of hydrogen-bond donors (Lipinski definition) is 1. The number of hydrogen-bond acceptors (Lipinski definition) is 3. The summed E-state index contributed by atoms with van der Waals surface area (Å²) < 4.78 is 6.45. The van der Waals surface area contributed by atoms with Crippen LogP contribution in [-0.4, -0.2) is 29.2 Å². The van der Waals surface area contributed by atoms with E-state index in [-0.39, 0.29) is 12.5 Å². The first-order chi connectivity index (χ1) is 7.29. The number of methoxy groups -OCH3 is 1. The van der Waals surface area contributed by atoms with E-state index in [4.69, 9.17) is 4.74 Å². The average Bonchev–Trinajstić information content (AvgIpc) is 2.65. The molecule has 15 heavy (non-hydrogen) atoms. The van der Waals surface area contributed by atoms with Crippen LogP contribution in [0.25, 0.3) is 5.52 Å². The van der Waals surface area contributed by atoms with Crippen LogP contribution in [0.3, 0.4) is 0 Å². The number of nitrogens with one attached hydrogen (secondary N) is 1. The van der Waals surface area contributed by atoms with Gasteiger partial charge in [0, 0.05) is 25.2 Å². The van der Waals surface area contributed by atoms with E-state index in [1.165, 1.54) is 7.11 Å². The number of carbonyl (C=O) groups excluding carboxylic acids is 1. The molecule has 0 saturated heterocycles. The van der Waals surface area contributed by atoms with Crippen molar-refractivity contribution in [2.45, 2.75) is 0 Å². The maximum atomic E-state index is 11.2. The molecule has 0 aliphatic rings. The molecule has 2 aromatic rings. The third-order valence-corrected chi connectivity index (χ3v) is 1.96. The van der Waals surface area contributed by atoms with Gasteiger partial charge < -0.3 is 10.1 Å². The standard InChI is InChI=1S/C10H11N3O2/c1-15-7-10(14)12-8-3-5-13-9(6-8)2-4-11-13/h2-6H,7H2,1H3,(H,12,14). The highest BCUT2D eigenvalue weighted by Crippen LogP contribution is 2.10. The molecule has 5 heteroatoms. The number of ether oxygens (including phenoxy) is 1. The van der Waals surface area contributed by atoms with Gasteiger partial charge in [-0.3, -0.25) is 4.79 Å². The Hall–Kier alpha value is -1.88. The molecule has 5 nitrogen and oxygen atoms in total. The molecule has 0 aliphatic heterocycles. The smallest absolute Gasteiger partial charge is 0.250 e. The van der Waals surface area contributed by atoms with Crippen molar-refractivity contribution in [1.29, 1.82) is 0 Å². The van der Waals surface area contributed by atoms with Gasteiger partial charge in [0.25, 0.3) is 0 Å². The fourth-order valence-electron chi connectivity index (χ4n) is 1.33. The Morgan fingerprint density at radius 2 is 2.47 bits per heavy atom. The van der Waals surface area contributed by atoms with Crippen molar-refractivity contribution >= 4 is 17.1 Å². The summed E-state index contributed by atoms with van der Waals surface area (Å²) in [6.45, 7) is 0.0600. The molecular formula is C10H11N3O2. The van der Waals surface area contributed by atoms with Gasteiger partial charge in [0.15, 0.2) is 0 Å². The highest BCUT2D eigenvalue weighted by atomic mass is 16.5. The lowest BCUT2D eigenvalue weighted by atomic mass is 10.3. The molecule has 1 amide bonds. The van der Waals surface area contributed by atoms with Crippen molar-refractivity contribution in [1.82, 2.24) is 9.61 Å². The summed E-state index contributed by atoms with van der Waals surface area (Å²) in [5.41, 5.74) is 1.68. The van der Waals surface area contributed by atoms with Crippen LogP contribution in [0.1, 0.15) is 0 Å². The van der Waals surface area contributed by atoms with Crippen molar-refractivity contribution in [3.63, 3.8) is 0 Å². The number of fused-ring (bicyclic) bond motifs is 1. The van der Waals surface area contributed by atoms with Crippen molar-refractivity contribution < 1.29 is 9.53 Å². The molecule has 2 heterocycles. The number of pyridine rings is 1. The summed E-state index contributed by atoms with van der Waals surface area (Å²) >= 11 is 0. The highest BCUT2D eigenvalue weighted by Gasteiger charge is 2.01. The Labute approximate surface area is 86.7 Å². The lowest BCUT2D eigenvalue weighted by Crippen LogP contribution is -2.17. The zero-order valence-corrected chi connectivity index (χ0v) is 8.30. The third kappa shape index (κ3) is 2.13. The summed E-state index contributed by atoms with van der Waals surface area (Å²) in [6, 6.07) is 5.50. The molecule has 0 aliphatic carbocycles. The van der Waals surface area contributed by atoms with Crippen molar-refractivity contribution in [2.24, 2.45) is 0 Å². The zero-order chi connectivity index (χ0) is 10.7. The Bertz CT molecular complexity index is 478. The third-order valence-electron chi connectivity index (χ3n) is 1.96. The van der Waals surface area contributed by atoms with E-state index in [2.05, 4.69) is 10.4 Å². The van der Waals surface area contributed by atoms with Gasteiger partial charge in [0.05, 0.1) is 5.52 Å². The van der Waals surface area contributed by atoms with E-state index in [9.17, 15) is 4.79 Å². The number of amides is 1. The first kappa shape index (κ1) is 9.67. The van der Waals surface area contributed by atoms with Gasteiger partial charge in [0.1, 0.15) is 6.61 Å². The minimum Gasteiger partial charge on any atom is -0.375 e. The predicted molar refractivity (Wildman–Crippen MR) is 55.7 cm³/mol. The van der Waals surface area contributed by atoms with Gasteiger partial charge in [-0.15, -0.1) is 0 Å². The summed E-state index contributed by atoms with van der Waals surface area (Å²) in [6.07, 6.45) is 3.49. The summed E-state index contributed by atoms with van der Waals surface area (Å²) in [7, 11) is 1.49. The first-order valence-electron chi connectivity index (χ1n) is 4.52. The van der Waals surface area contributed by atoms with Gasteiger partial charge in [-0.05, 0) is 18.2 Å². The molecule has 1 N–H and O–H groups in total. The van der Waals surface area contributed by atoms with Crippen LogP contribution in [0.2, 0.25) is 0 Å². The number of aromatic nitrogens is 2. The van der Waals surface area contributed by atoms with Crippen LogP contribution in [0.4, 0.5) is 5.69 Å². The Morgan fingerprint density at radius 1 is 1.60 bits per heavy atom. The topological polar surface area (TPSA) is 55.6 Å². The fourth-order valence-corrected chi connectivity index (χ4v) is 1.33. The maximum Gasteiger partial charge on any atom is 0.250 e. The molecule has 0 radical (unpaired) electrons. The van der Waals surface area contributed by atoms with Crippen LogP contribution in [0.5, 0.6) is 0 Å². The maximum absolute atomic E-state index is 11.2. The monoisotopic (exact) mass is 205 g/mol. The van der Waals surface area contributed by atoms with Crippen molar-refractivity contribution in [2.75, 3.05) is 19.0 Å². The average molecular weight is 205 g/mol. The van der Waals surface area contributed by atoms with E-state index < -0.39 is 0 Å². The van der Waals surface area contributed by atoms with Crippen LogP contribution in [-0.2, 0) is 9.53 Å². The molecule has 0 fully saturated rings. The van der Waals surface area contributed by atoms with E-state index in [1.807, 2.05) is 12.1 Å². The second kappa shape index (κ2) is 4.10. The van der Waals surface area contributed by atoms with E-state index in [0.717, 1.165) is 11.2 Å². The number of rotatable bonds is 3. The molecule has 0 bridgehead atoms. The normalized spacial score (nSPS) is 10.5. The van der Waals surface area contributed by atoms with E-state index in [0.29, 0.717) is 0 Å². The molecule has 0 aromatic carbocycles.